The van der Waals surface area contributed by atoms with Crippen LogP contribution in [0.5, 0.6) is 11.5 Å². The second kappa shape index (κ2) is 10.9. The minimum absolute atomic E-state index is 0.00576. The summed E-state index contributed by atoms with van der Waals surface area (Å²) in [6.07, 6.45) is 0.803. The topological polar surface area (TPSA) is 118 Å². The fourth-order valence-corrected chi connectivity index (χ4v) is 10.9. The fraction of sp³-hybridized carbons (Fsp3) is 0.294. The number of ether oxygens (including phenoxy) is 2. The summed E-state index contributed by atoms with van der Waals surface area (Å²) in [6.45, 7) is -0.153. The number of amides is 3. The summed E-state index contributed by atoms with van der Waals surface area (Å²) in [5, 5.41) is 3.75. The molecule has 9 nitrogen and oxygen atoms in total. The Kier molecular flexibility index (Phi) is 6.83. The second-order valence-corrected chi connectivity index (χ2v) is 14.1. The molecule has 2 saturated carbocycles. The van der Waals surface area contributed by atoms with E-state index in [1.54, 1.807) is 43.1 Å². The number of carbonyl (C=O) groups excluding carboxylic acids is 3. The largest absolute Gasteiger partial charge is 0.497 e. The molecule has 2 N–H and O–H groups in total. The molecule has 11 heteroatoms. The number of carbonyl (C=O) groups is 3. The molecular weight excluding hydrogens is 611 g/mol. The van der Waals surface area contributed by atoms with Gasteiger partial charge in [0.25, 0.3) is 5.91 Å². The number of nitrogens with zero attached hydrogens (tertiary/aromatic N) is 1. The van der Waals surface area contributed by atoms with Gasteiger partial charge in [0.05, 0.1) is 29.7 Å². The molecule has 7 atom stereocenters. The van der Waals surface area contributed by atoms with Crippen LogP contribution in [-0.2, 0) is 14.4 Å². The summed E-state index contributed by atoms with van der Waals surface area (Å²) in [7, 11) is 1.58. The highest BCUT2D eigenvalue weighted by atomic mass is 32.2. The zero-order valence-corrected chi connectivity index (χ0v) is 25.8. The Morgan fingerprint density at radius 2 is 1.69 bits per heavy atom. The lowest BCUT2D eigenvalue weighted by Crippen LogP contribution is -2.42. The Labute approximate surface area is 266 Å². The highest BCUT2D eigenvalue weighted by Gasteiger charge is 2.69. The average Bonchev–Trinajstić information content (AvgIpc) is 3.79. The molecule has 4 aliphatic rings. The van der Waals surface area contributed by atoms with Crippen molar-refractivity contribution in [2.45, 2.75) is 22.6 Å². The number of rotatable bonds is 7. The van der Waals surface area contributed by atoms with Gasteiger partial charge in [-0.3, -0.25) is 24.1 Å². The van der Waals surface area contributed by atoms with E-state index in [1.807, 2.05) is 54.6 Å². The van der Waals surface area contributed by atoms with Gasteiger partial charge in [-0.2, -0.15) is 0 Å². The lowest BCUT2D eigenvalue weighted by molar-refractivity contribution is -0.123. The molecule has 1 aromatic heterocycles. The van der Waals surface area contributed by atoms with E-state index in [9.17, 15) is 19.2 Å². The van der Waals surface area contributed by atoms with E-state index < -0.39 is 5.92 Å². The average molecular weight is 640 g/mol. The van der Waals surface area contributed by atoms with Crippen molar-refractivity contribution in [3.8, 4) is 11.5 Å². The van der Waals surface area contributed by atoms with Crippen molar-refractivity contribution in [1.82, 2.24) is 4.98 Å². The smallest absolute Gasteiger partial charge is 0.305 e. The number of para-hydroxylation sites is 1. The number of fused-ring (bicyclic) bond motifs is 9. The predicted molar refractivity (Wildman–Crippen MR) is 171 cm³/mol. The third-order valence-electron chi connectivity index (χ3n) is 9.70. The Balaban J connectivity index is 1.09. The number of imide groups is 1. The summed E-state index contributed by atoms with van der Waals surface area (Å²) in [5.74, 6) is -0.168. The number of nitrogens with one attached hydrogen (secondary N) is 2. The highest BCUT2D eigenvalue weighted by molar-refractivity contribution is 8.00. The van der Waals surface area contributed by atoms with Gasteiger partial charge in [0.1, 0.15) is 11.5 Å². The number of anilines is 2. The van der Waals surface area contributed by atoms with E-state index in [0.717, 1.165) is 21.9 Å². The molecular formula is C34H29N3O6S2. The van der Waals surface area contributed by atoms with Crippen LogP contribution in [0, 0.1) is 29.6 Å². The van der Waals surface area contributed by atoms with Crippen molar-refractivity contribution in [3.05, 3.63) is 99.0 Å². The van der Waals surface area contributed by atoms with E-state index in [-0.39, 0.29) is 64.0 Å². The predicted octanol–water partition coefficient (Wildman–Crippen LogP) is 5.14. The van der Waals surface area contributed by atoms with E-state index in [1.165, 1.54) is 16.2 Å². The molecule has 45 heavy (non-hydrogen) atoms. The normalized spacial score (nSPS) is 27.6. The molecule has 1 saturated heterocycles. The maximum absolute atomic E-state index is 14.0. The van der Waals surface area contributed by atoms with E-state index in [4.69, 9.17) is 9.47 Å². The Morgan fingerprint density at radius 1 is 0.933 bits per heavy atom. The van der Waals surface area contributed by atoms with Gasteiger partial charge in [-0.05, 0) is 78.3 Å². The Bertz CT molecular complexity index is 1870. The fourth-order valence-electron chi connectivity index (χ4n) is 8.04. The van der Waals surface area contributed by atoms with Crippen LogP contribution in [0.1, 0.15) is 22.8 Å². The summed E-state index contributed by atoms with van der Waals surface area (Å²) in [5.41, 5.74) is 2.23. The summed E-state index contributed by atoms with van der Waals surface area (Å²) < 4.78 is 11.2. The maximum atomic E-state index is 14.0. The molecule has 3 amide bonds. The van der Waals surface area contributed by atoms with Crippen LogP contribution in [-0.4, -0.2) is 41.7 Å². The van der Waals surface area contributed by atoms with Crippen LogP contribution >= 0.6 is 23.1 Å². The molecule has 228 valence electrons. The third-order valence-corrected chi connectivity index (χ3v) is 12.3. The number of hydrogen-bond donors (Lipinski definition) is 2. The zero-order valence-electron chi connectivity index (χ0n) is 24.2. The molecule has 0 radical (unpaired) electrons. The van der Waals surface area contributed by atoms with Gasteiger partial charge >= 0.3 is 4.87 Å². The number of methoxy groups -OCH3 is 1. The first-order chi connectivity index (χ1) is 21.9. The van der Waals surface area contributed by atoms with Gasteiger partial charge in [-0.25, -0.2) is 0 Å². The van der Waals surface area contributed by atoms with Crippen LogP contribution < -0.4 is 24.6 Å². The molecule has 2 bridgehead atoms. The number of aromatic amines is 1. The van der Waals surface area contributed by atoms with E-state index in [0.29, 0.717) is 22.9 Å². The molecule has 2 aliphatic heterocycles. The number of hydrogen-bond acceptors (Lipinski definition) is 8. The van der Waals surface area contributed by atoms with Crippen LogP contribution in [0.3, 0.4) is 0 Å². The van der Waals surface area contributed by atoms with Crippen molar-refractivity contribution in [1.29, 1.82) is 0 Å². The monoisotopic (exact) mass is 639 g/mol. The number of aromatic nitrogens is 1. The first-order valence-corrected chi connectivity index (χ1v) is 16.6. The third kappa shape index (κ3) is 4.59. The molecule has 8 rings (SSSR count). The second-order valence-electron chi connectivity index (χ2n) is 11.9. The number of thioether (sulfide) groups is 1. The minimum Gasteiger partial charge on any atom is -0.497 e. The first-order valence-electron chi connectivity index (χ1n) is 14.9. The summed E-state index contributed by atoms with van der Waals surface area (Å²) >= 11 is 2.87. The molecule has 3 aromatic carbocycles. The van der Waals surface area contributed by atoms with Crippen LogP contribution in [0.15, 0.2) is 88.7 Å². The molecule has 3 fully saturated rings. The van der Waals surface area contributed by atoms with Crippen molar-refractivity contribution >= 4 is 52.2 Å². The van der Waals surface area contributed by atoms with Gasteiger partial charge < -0.3 is 19.8 Å². The van der Waals surface area contributed by atoms with Gasteiger partial charge in [0.15, 0.2) is 6.61 Å². The number of benzene rings is 3. The van der Waals surface area contributed by atoms with Gasteiger partial charge in [0.2, 0.25) is 11.8 Å². The maximum Gasteiger partial charge on any atom is 0.305 e. The lowest BCUT2D eigenvalue weighted by Gasteiger charge is -2.43. The number of H-pyrrole nitrogens is 1. The SMILES string of the molecule is COc1ccc(N2C(=O)C3C4CC(C3C2=O)C2C4Sc3[nH]c(=O)sc3[C@@H]2c2cccc(OCC(=O)Nc3ccccc3)c2)cc1. The van der Waals surface area contributed by atoms with Crippen molar-refractivity contribution < 1.29 is 23.9 Å². The van der Waals surface area contributed by atoms with Gasteiger partial charge in [-0.1, -0.05) is 41.7 Å². The highest BCUT2D eigenvalue weighted by Crippen LogP contribution is 2.68. The minimum atomic E-state index is -0.396. The zero-order chi connectivity index (χ0) is 30.8. The summed E-state index contributed by atoms with van der Waals surface area (Å²) in [4.78, 5) is 58.3. The van der Waals surface area contributed by atoms with E-state index >= 15 is 0 Å². The number of thiazole rings is 1. The van der Waals surface area contributed by atoms with Gasteiger partial charge in [0, 0.05) is 21.7 Å². The Morgan fingerprint density at radius 3 is 2.44 bits per heavy atom. The van der Waals surface area contributed by atoms with Crippen LogP contribution in [0.4, 0.5) is 11.4 Å². The Hall–Kier alpha value is -4.35. The quantitative estimate of drug-likeness (QED) is 0.269. The first kappa shape index (κ1) is 28.1. The molecule has 2 aliphatic carbocycles. The van der Waals surface area contributed by atoms with Crippen LogP contribution in [0.25, 0.3) is 0 Å². The summed E-state index contributed by atoms with van der Waals surface area (Å²) in [6, 6.07) is 23.9. The molecule has 0 spiro atoms. The molecule has 6 unspecified atom stereocenters. The standard InChI is InChI=1S/C34H29N3O6S2/c1-42-20-12-10-19(11-13-20)37-32(39)27-22-15-23(28(27)33(37)40)29-26(22)25(30-31(44-29)36-34(41)45-30)17-6-5-9-21(14-17)43-16-24(38)35-18-7-3-2-4-8-18/h2-14,22-23,25-29H,15-16H2,1H3,(H,35,38)(H,36,41)/t22?,23?,25-,26?,27?,28?,29?/m1/s1. The van der Waals surface area contributed by atoms with Crippen molar-refractivity contribution in [2.24, 2.45) is 29.6 Å². The lowest BCUT2D eigenvalue weighted by atomic mass is 9.68. The molecule has 3 heterocycles. The van der Waals surface area contributed by atoms with Crippen molar-refractivity contribution in [2.75, 3.05) is 23.9 Å². The molecule has 4 aromatic rings. The van der Waals surface area contributed by atoms with Crippen LogP contribution in [0.2, 0.25) is 0 Å². The van der Waals surface area contributed by atoms with E-state index in [2.05, 4.69) is 10.3 Å². The van der Waals surface area contributed by atoms with Gasteiger partial charge in [-0.15, -0.1) is 11.8 Å². The van der Waals surface area contributed by atoms with Crippen molar-refractivity contribution in [3.63, 3.8) is 0 Å².